The smallest absolute Gasteiger partial charge is 0.126 e. The van der Waals surface area contributed by atoms with Gasteiger partial charge in [0.25, 0.3) is 0 Å². The fourth-order valence-corrected chi connectivity index (χ4v) is 3.61. The molecule has 0 unspecified atom stereocenters. The van der Waals surface area contributed by atoms with Gasteiger partial charge >= 0.3 is 0 Å². The standard InChI is InChI=1S/C26H34N4/c1-3-5-7-9-11-21-13-17-23(18-14-21)25-27-29-26(30-28-25)24-19-15-22(16-20-24)12-10-8-6-4-2/h13-20H,3-12H2,1-2H3. The van der Waals surface area contributed by atoms with Gasteiger partial charge < -0.3 is 0 Å². The highest BCUT2D eigenvalue weighted by molar-refractivity contribution is 5.57. The highest BCUT2D eigenvalue weighted by Crippen LogP contribution is 2.19. The summed E-state index contributed by atoms with van der Waals surface area (Å²) in [5, 5.41) is 17.2. The zero-order valence-electron chi connectivity index (χ0n) is 18.5. The van der Waals surface area contributed by atoms with Crippen LogP contribution in [0.2, 0.25) is 0 Å². The maximum atomic E-state index is 4.31. The van der Waals surface area contributed by atoms with Crippen LogP contribution in [0.3, 0.4) is 0 Å². The minimum atomic E-state index is 0.573. The van der Waals surface area contributed by atoms with Gasteiger partial charge in [-0.25, -0.2) is 0 Å². The average molecular weight is 403 g/mol. The number of rotatable bonds is 12. The molecule has 2 aromatic carbocycles. The van der Waals surface area contributed by atoms with E-state index in [1.165, 1.54) is 62.5 Å². The third-order valence-electron chi connectivity index (χ3n) is 5.54. The third kappa shape index (κ3) is 6.72. The van der Waals surface area contributed by atoms with E-state index in [4.69, 9.17) is 0 Å². The Balaban J connectivity index is 1.56. The third-order valence-corrected chi connectivity index (χ3v) is 5.54. The van der Waals surface area contributed by atoms with Gasteiger partial charge in [-0.15, -0.1) is 20.4 Å². The average Bonchev–Trinajstić information content (AvgIpc) is 2.81. The molecule has 4 heteroatoms. The summed E-state index contributed by atoms with van der Waals surface area (Å²) in [4.78, 5) is 0. The first kappa shape index (κ1) is 22.1. The first-order valence-electron chi connectivity index (χ1n) is 11.6. The van der Waals surface area contributed by atoms with Gasteiger partial charge in [0.05, 0.1) is 0 Å². The van der Waals surface area contributed by atoms with E-state index in [-0.39, 0.29) is 0 Å². The number of hydrogen-bond donors (Lipinski definition) is 0. The molecule has 0 N–H and O–H groups in total. The SMILES string of the molecule is CCCCCCc1ccc(-c2nnc(-c3ccc(CCCCCC)cc3)nn2)cc1. The Bertz CT molecular complexity index is 781. The number of benzene rings is 2. The van der Waals surface area contributed by atoms with Crippen LogP contribution in [0.15, 0.2) is 48.5 Å². The lowest BCUT2D eigenvalue weighted by Gasteiger charge is -2.05. The van der Waals surface area contributed by atoms with E-state index in [9.17, 15) is 0 Å². The molecule has 4 nitrogen and oxygen atoms in total. The molecule has 30 heavy (non-hydrogen) atoms. The Morgan fingerprint density at radius 2 is 0.833 bits per heavy atom. The van der Waals surface area contributed by atoms with E-state index in [0.717, 1.165) is 24.0 Å². The van der Waals surface area contributed by atoms with Crippen LogP contribution in [0, 0.1) is 0 Å². The van der Waals surface area contributed by atoms with Crippen LogP contribution in [-0.4, -0.2) is 20.4 Å². The van der Waals surface area contributed by atoms with E-state index in [1.54, 1.807) is 0 Å². The Morgan fingerprint density at radius 3 is 1.17 bits per heavy atom. The summed E-state index contributed by atoms with van der Waals surface area (Å²) in [6, 6.07) is 16.9. The van der Waals surface area contributed by atoms with Crippen LogP contribution >= 0.6 is 0 Å². The van der Waals surface area contributed by atoms with E-state index in [2.05, 4.69) is 82.8 Å². The maximum Gasteiger partial charge on any atom is 0.203 e. The van der Waals surface area contributed by atoms with Crippen molar-refractivity contribution in [1.29, 1.82) is 0 Å². The van der Waals surface area contributed by atoms with Crippen molar-refractivity contribution >= 4 is 0 Å². The highest BCUT2D eigenvalue weighted by atomic mass is 15.3. The molecular weight excluding hydrogens is 368 g/mol. The van der Waals surface area contributed by atoms with E-state index in [0.29, 0.717) is 11.6 Å². The van der Waals surface area contributed by atoms with E-state index < -0.39 is 0 Å². The van der Waals surface area contributed by atoms with E-state index >= 15 is 0 Å². The monoisotopic (exact) mass is 402 g/mol. The lowest BCUT2D eigenvalue weighted by atomic mass is 10.0. The van der Waals surface area contributed by atoms with Crippen molar-refractivity contribution in [3.8, 4) is 22.8 Å². The Hall–Kier alpha value is -2.62. The Kier molecular flexibility index (Phi) is 8.95. The van der Waals surface area contributed by atoms with E-state index in [1.807, 2.05) is 0 Å². The summed E-state index contributed by atoms with van der Waals surface area (Å²) in [6.07, 6.45) is 12.5. The van der Waals surface area contributed by atoms with Crippen LogP contribution in [0.4, 0.5) is 0 Å². The van der Waals surface area contributed by atoms with Gasteiger partial charge in [-0.1, -0.05) is 101 Å². The van der Waals surface area contributed by atoms with Crippen molar-refractivity contribution in [3.05, 3.63) is 59.7 Å². The van der Waals surface area contributed by atoms with Gasteiger partial charge in [0.2, 0.25) is 11.6 Å². The molecule has 0 bridgehead atoms. The molecule has 0 aliphatic heterocycles. The number of aromatic nitrogens is 4. The summed E-state index contributed by atoms with van der Waals surface area (Å²) in [6.45, 7) is 4.49. The molecular formula is C26H34N4. The second-order valence-corrected chi connectivity index (χ2v) is 8.06. The van der Waals surface area contributed by atoms with Crippen molar-refractivity contribution in [3.63, 3.8) is 0 Å². The molecule has 0 aliphatic rings. The van der Waals surface area contributed by atoms with Gasteiger partial charge in [0, 0.05) is 11.1 Å². The van der Waals surface area contributed by atoms with Gasteiger partial charge in [0.1, 0.15) is 0 Å². The first-order valence-corrected chi connectivity index (χ1v) is 11.6. The quantitative estimate of drug-likeness (QED) is 0.311. The van der Waals surface area contributed by atoms with Crippen molar-refractivity contribution in [2.75, 3.05) is 0 Å². The molecule has 0 radical (unpaired) electrons. The molecule has 0 saturated carbocycles. The summed E-state index contributed by atoms with van der Waals surface area (Å²) < 4.78 is 0. The van der Waals surface area contributed by atoms with Crippen molar-refractivity contribution in [2.24, 2.45) is 0 Å². The molecule has 0 amide bonds. The summed E-state index contributed by atoms with van der Waals surface area (Å²) >= 11 is 0. The topological polar surface area (TPSA) is 51.6 Å². The maximum absolute atomic E-state index is 4.31. The zero-order chi connectivity index (χ0) is 21.0. The molecule has 158 valence electrons. The Labute approximate surface area is 181 Å². The highest BCUT2D eigenvalue weighted by Gasteiger charge is 2.07. The fourth-order valence-electron chi connectivity index (χ4n) is 3.61. The predicted molar refractivity (Wildman–Crippen MR) is 124 cm³/mol. The minimum absolute atomic E-state index is 0.573. The summed E-state index contributed by atoms with van der Waals surface area (Å²) in [5.74, 6) is 1.15. The molecule has 0 atom stereocenters. The molecule has 1 heterocycles. The van der Waals surface area contributed by atoms with Crippen molar-refractivity contribution < 1.29 is 0 Å². The molecule has 3 rings (SSSR count). The number of nitrogens with zero attached hydrogens (tertiary/aromatic N) is 4. The molecule has 0 spiro atoms. The minimum Gasteiger partial charge on any atom is -0.126 e. The largest absolute Gasteiger partial charge is 0.203 e. The van der Waals surface area contributed by atoms with Gasteiger partial charge in [-0.2, -0.15) is 0 Å². The summed E-state index contributed by atoms with van der Waals surface area (Å²) in [7, 11) is 0. The number of hydrogen-bond acceptors (Lipinski definition) is 4. The summed E-state index contributed by atoms with van der Waals surface area (Å²) in [5.41, 5.74) is 4.65. The van der Waals surface area contributed by atoms with Gasteiger partial charge in [-0.05, 0) is 36.8 Å². The Morgan fingerprint density at radius 1 is 0.467 bits per heavy atom. The lowest BCUT2D eigenvalue weighted by molar-refractivity contribution is 0.667. The fraction of sp³-hybridized carbons (Fsp3) is 0.462. The molecule has 0 saturated heterocycles. The van der Waals surface area contributed by atoms with Crippen LogP contribution in [0.5, 0.6) is 0 Å². The second-order valence-electron chi connectivity index (χ2n) is 8.06. The van der Waals surface area contributed by atoms with Crippen molar-refractivity contribution in [1.82, 2.24) is 20.4 Å². The molecule has 0 aliphatic carbocycles. The van der Waals surface area contributed by atoms with Crippen LogP contribution < -0.4 is 0 Å². The van der Waals surface area contributed by atoms with Crippen LogP contribution in [0.25, 0.3) is 22.8 Å². The predicted octanol–water partition coefficient (Wildman–Crippen LogP) is 6.85. The number of unbranched alkanes of at least 4 members (excludes halogenated alkanes) is 6. The van der Waals surface area contributed by atoms with Gasteiger partial charge in [0.15, 0.2) is 0 Å². The first-order chi connectivity index (χ1) is 14.8. The molecule has 3 aromatic rings. The molecule has 1 aromatic heterocycles. The van der Waals surface area contributed by atoms with Gasteiger partial charge in [-0.3, -0.25) is 0 Å². The van der Waals surface area contributed by atoms with Crippen LogP contribution in [0.1, 0.15) is 76.3 Å². The lowest BCUT2D eigenvalue weighted by Crippen LogP contribution is -1.99. The van der Waals surface area contributed by atoms with Crippen LogP contribution in [-0.2, 0) is 12.8 Å². The second kappa shape index (κ2) is 12.2. The van der Waals surface area contributed by atoms with Crippen molar-refractivity contribution in [2.45, 2.75) is 78.1 Å². The molecule has 0 fully saturated rings. The normalized spacial score (nSPS) is 11.0. The number of aryl methyl sites for hydroxylation is 2. The zero-order valence-corrected chi connectivity index (χ0v) is 18.5.